The zero-order valence-corrected chi connectivity index (χ0v) is 11.4. The molecule has 0 saturated carbocycles. The van der Waals surface area contributed by atoms with E-state index in [1.807, 2.05) is 13.8 Å². The normalized spacial score (nSPS) is 22.9. The Morgan fingerprint density at radius 1 is 1.35 bits per heavy atom. The Morgan fingerprint density at radius 2 is 2.00 bits per heavy atom. The van der Waals surface area contributed by atoms with Gasteiger partial charge >= 0.3 is 6.61 Å². The van der Waals surface area contributed by atoms with Gasteiger partial charge in [-0.2, -0.15) is 8.78 Å². The Morgan fingerprint density at radius 3 is 2.60 bits per heavy atom. The molecule has 0 radical (unpaired) electrons. The van der Waals surface area contributed by atoms with E-state index in [1.165, 1.54) is 24.3 Å². The summed E-state index contributed by atoms with van der Waals surface area (Å²) in [4.78, 5) is 14.1. The van der Waals surface area contributed by atoms with Gasteiger partial charge < -0.3 is 14.4 Å². The number of amides is 1. The molecular weight excluding hydrogens is 268 g/mol. The van der Waals surface area contributed by atoms with E-state index in [-0.39, 0.29) is 23.8 Å². The van der Waals surface area contributed by atoms with Gasteiger partial charge in [-0.25, -0.2) is 0 Å². The molecule has 0 N–H and O–H groups in total. The minimum Gasteiger partial charge on any atom is -0.435 e. The van der Waals surface area contributed by atoms with Crippen molar-refractivity contribution in [3.05, 3.63) is 29.8 Å². The minimum absolute atomic E-state index is 0.00316. The van der Waals surface area contributed by atoms with Crippen LogP contribution in [0.4, 0.5) is 8.78 Å². The van der Waals surface area contributed by atoms with Crippen LogP contribution in [0.5, 0.6) is 5.75 Å². The van der Waals surface area contributed by atoms with Crippen LogP contribution in [0.15, 0.2) is 24.3 Å². The number of ether oxygens (including phenoxy) is 2. The number of halogens is 2. The number of nitrogens with zero attached hydrogens (tertiary/aromatic N) is 1. The average molecular weight is 285 g/mol. The van der Waals surface area contributed by atoms with Crippen molar-refractivity contribution >= 4 is 5.91 Å². The molecule has 1 heterocycles. The fraction of sp³-hybridized carbons (Fsp3) is 0.500. The molecule has 4 nitrogen and oxygen atoms in total. The first-order valence-electron chi connectivity index (χ1n) is 6.45. The van der Waals surface area contributed by atoms with Crippen LogP contribution in [-0.2, 0) is 4.74 Å². The predicted molar refractivity (Wildman–Crippen MR) is 69.0 cm³/mol. The highest BCUT2D eigenvalue weighted by atomic mass is 19.3. The van der Waals surface area contributed by atoms with Crippen LogP contribution in [0.3, 0.4) is 0 Å². The molecule has 2 atom stereocenters. The maximum Gasteiger partial charge on any atom is 0.387 e. The maximum atomic E-state index is 12.4. The number of alkyl halides is 2. The number of carbonyl (C=O) groups excluding carboxylic acids is 1. The summed E-state index contributed by atoms with van der Waals surface area (Å²) in [5.74, 6) is -0.0869. The van der Waals surface area contributed by atoms with Gasteiger partial charge in [-0.1, -0.05) is 0 Å². The van der Waals surface area contributed by atoms with Gasteiger partial charge in [-0.15, -0.1) is 0 Å². The summed E-state index contributed by atoms with van der Waals surface area (Å²) in [5, 5.41) is 0. The molecule has 0 spiro atoms. The lowest BCUT2D eigenvalue weighted by Crippen LogP contribution is -2.50. The second-order valence-corrected chi connectivity index (χ2v) is 4.85. The molecule has 20 heavy (non-hydrogen) atoms. The molecule has 1 amide bonds. The number of carbonyl (C=O) groups is 1. The smallest absolute Gasteiger partial charge is 0.387 e. The molecule has 0 aliphatic carbocycles. The first-order valence-corrected chi connectivity index (χ1v) is 6.45. The van der Waals surface area contributed by atoms with Crippen molar-refractivity contribution in [2.24, 2.45) is 0 Å². The van der Waals surface area contributed by atoms with Gasteiger partial charge in [0.1, 0.15) is 5.75 Å². The fourth-order valence-electron chi connectivity index (χ4n) is 2.13. The summed E-state index contributed by atoms with van der Waals surface area (Å²) in [6, 6.07) is 5.72. The lowest BCUT2D eigenvalue weighted by molar-refractivity contribution is -0.0498. The summed E-state index contributed by atoms with van der Waals surface area (Å²) in [5.41, 5.74) is 0.451. The number of hydrogen-bond donors (Lipinski definition) is 0. The van der Waals surface area contributed by atoms with Gasteiger partial charge in [0.05, 0.1) is 18.8 Å². The highest BCUT2D eigenvalue weighted by molar-refractivity contribution is 5.94. The SMILES string of the molecule is CC1CN(C(=O)c2ccc(OC(F)F)cc2)C(C)CO1. The van der Waals surface area contributed by atoms with E-state index in [9.17, 15) is 13.6 Å². The number of benzene rings is 1. The number of hydrogen-bond acceptors (Lipinski definition) is 3. The summed E-state index contributed by atoms with van der Waals surface area (Å²) >= 11 is 0. The summed E-state index contributed by atoms with van der Waals surface area (Å²) in [6.45, 7) is 1.98. The molecule has 1 aromatic carbocycles. The molecule has 6 heteroatoms. The minimum atomic E-state index is -2.86. The Hall–Kier alpha value is -1.69. The lowest BCUT2D eigenvalue weighted by atomic mass is 10.1. The monoisotopic (exact) mass is 285 g/mol. The molecule has 110 valence electrons. The predicted octanol–water partition coefficient (Wildman–Crippen LogP) is 2.54. The first-order chi connectivity index (χ1) is 9.47. The summed E-state index contributed by atoms with van der Waals surface area (Å²) in [6.07, 6.45) is -0.00316. The Bertz CT molecular complexity index is 464. The average Bonchev–Trinajstić information content (AvgIpc) is 2.41. The van der Waals surface area contributed by atoms with E-state index >= 15 is 0 Å². The van der Waals surface area contributed by atoms with Crippen LogP contribution < -0.4 is 4.74 Å². The highest BCUT2D eigenvalue weighted by Crippen LogP contribution is 2.19. The molecular formula is C14H17F2NO3. The van der Waals surface area contributed by atoms with Crippen molar-refractivity contribution < 1.29 is 23.0 Å². The molecule has 1 saturated heterocycles. The summed E-state index contributed by atoms with van der Waals surface area (Å²) in [7, 11) is 0. The van der Waals surface area contributed by atoms with Crippen molar-refractivity contribution in [1.82, 2.24) is 4.90 Å². The topological polar surface area (TPSA) is 38.8 Å². The Balaban J connectivity index is 2.08. The molecule has 0 bridgehead atoms. The van der Waals surface area contributed by atoms with E-state index in [0.717, 1.165) is 0 Å². The van der Waals surface area contributed by atoms with Gasteiger partial charge in [0.2, 0.25) is 0 Å². The summed E-state index contributed by atoms with van der Waals surface area (Å²) < 4.78 is 33.8. The molecule has 1 aromatic rings. The van der Waals surface area contributed by atoms with E-state index in [2.05, 4.69) is 4.74 Å². The van der Waals surface area contributed by atoms with Crippen molar-refractivity contribution in [2.45, 2.75) is 32.6 Å². The van der Waals surface area contributed by atoms with Crippen molar-refractivity contribution in [2.75, 3.05) is 13.2 Å². The van der Waals surface area contributed by atoms with Crippen LogP contribution in [0, 0.1) is 0 Å². The second kappa shape index (κ2) is 6.17. The van der Waals surface area contributed by atoms with Gasteiger partial charge in [-0.3, -0.25) is 4.79 Å². The van der Waals surface area contributed by atoms with Crippen molar-refractivity contribution in [1.29, 1.82) is 0 Å². The number of rotatable bonds is 3. The molecule has 2 rings (SSSR count). The van der Waals surface area contributed by atoms with Crippen LogP contribution >= 0.6 is 0 Å². The van der Waals surface area contributed by atoms with Crippen LogP contribution in [-0.4, -0.2) is 42.7 Å². The third-order valence-corrected chi connectivity index (χ3v) is 3.20. The number of morpholine rings is 1. The third kappa shape index (κ3) is 3.45. The molecule has 1 aliphatic heterocycles. The largest absolute Gasteiger partial charge is 0.435 e. The molecule has 1 fully saturated rings. The quantitative estimate of drug-likeness (QED) is 0.856. The molecule has 1 aliphatic rings. The zero-order chi connectivity index (χ0) is 14.7. The van der Waals surface area contributed by atoms with Crippen LogP contribution in [0.2, 0.25) is 0 Å². The zero-order valence-electron chi connectivity index (χ0n) is 11.4. The van der Waals surface area contributed by atoms with Gasteiger partial charge in [-0.05, 0) is 38.1 Å². The first kappa shape index (κ1) is 14.7. The van der Waals surface area contributed by atoms with Crippen molar-refractivity contribution in [3.8, 4) is 5.75 Å². The van der Waals surface area contributed by atoms with Gasteiger partial charge in [0.15, 0.2) is 0 Å². The Labute approximate surface area is 116 Å². The molecule has 2 unspecified atom stereocenters. The van der Waals surface area contributed by atoms with E-state index in [1.54, 1.807) is 4.90 Å². The Kier molecular flexibility index (Phi) is 4.54. The van der Waals surface area contributed by atoms with Gasteiger partial charge in [0.25, 0.3) is 5.91 Å². The highest BCUT2D eigenvalue weighted by Gasteiger charge is 2.28. The molecule has 0 aromatic heterocycles. The second-order valence-electron chi connectivity index (χ2n) is 4.85. The van der Waals surface area contributed by atoms with E-state index in [4.69, 9.17) is 4.74 Å². The third-order valence-electron chi connectivity index (χ3n) is 3.20. The van der Waals surface area contributed by atoms with Crippen LogP contribution in [0.25, 0.3) is 0 Å². The maximum absolute atomic E-state index is 12.4. The van der Waals surface area contributed by atoms with Crippen LogP contribution in [0.1, 0.15) is 24.2 Å². The van der Waals surface area contributed by atoms with E-state index < -0.39 is 6.61 Å². The van der Waals surface area contributed by atoms with Gasteiger partial charge in [0, 0.05) is 12.1 Å². The lowest BCUT2D eigenvalue weighted by Gasteiger charge is -2.36. The fourth-order valence-corrected chi connectivity index (χ4v) is 2.13. The standard InChI is InChI=1S/C14H17F2NO3/c1-9-8-19-10(2)7-17(9)13(18)11-3-5-12(6-4-11)20-14(15)16/h3-6,9-10,14H,7-8H2,1-2H3. The van der Waals surface area contributed by atoms with Crippen molar-refractivity contribution in [3.63, 3.8) is 0 Å². The van der Waals surface area contributed by atoms with E-state index in [0.29, 0.717) is 18.7 Å².